The fourth-order valence-corrected chi connectivity index (χ4v) is 4.48. The van der Waals surface area contributed by atoms with Crippen molar-refractivity contribution < 1.29 is 44.4 Å². The Morgan fingerprint density at radius 2 is 1.67 bits per heavy atom. The number of hydrogen-bond donors (Lipinski definition) is 1. The second kappa shape index (κ2) is 7.74. The SMILES string of the molecule is CCS(CC)(CC)O[P+](=O)O.[H-].[Na+]. The van der Waals surface area contributed by atoms with Gasteiger partial charge in [0.05, 0.1) is 0 Å². The van der Waals surface area contributed by atoms with Gasteiger partial charge >= 0.3 is 37.8 Å². The van der Waals surface area contributed by atoms with Crippen molar-refractivity contribution in [1.82, 2.24) is 0 Å². The molecule has 0 radical (unpaired) electrons. The molecule has 0 rings (SSSR count). The Morgan fingerprint density at radius 3 is 1.75 bits per heavy atom. The van der Waals surface area contributed by atoms with E-state index in [-0.39, 0.29) is 31.0 Å². The minimum atomic E-state index is -2.42. The summed E-state index contributed by atoms with van der Waals surface area (Å²) in [6, 6.07) is 0. The first-order valence-electron chi connectivity index (χ1n) is 3.72. The van der Waals surface area contributed by atoms with Gasteiger partial charge in [0.25, 0.3) is 0 Å². The van der Waals surface area contributed by atoms with Crippen molar-refractivity contribution in [3.05, 3.63) is 0 Å². The zero-order valence-electron chi connectivity index (χ0n) is 9.24. The summed E-state index contributed by atoms with van der Waals surface area (Å²) in [5, 5.41) is 0. The smallest absolute Gasteiger partial charge is 1.00 e. The molecule has 1 N–H and O–H groups in total. The van der Waals surface area contributed by atoms with Crippen LogP contribution in [0.5, 0.6) is 0 Å². The minimum absolute atomic E-state index is 0. The molecule has 0 aromatic carbocycles. The van der Waals surface area contributed by atoms with Crippen LogP contribution in [0, 0.1) is 0 Å². The summed E-state index contributed by atoms with van der Waals surface area (Å²) in [6.07, 6.45) is 0. The predicted octanol–water partition coefficient (Wildman–Crippen LogP) is -0.451. The predicted molar refractivity (Wildman–Crippen MR) is 51.2 cm³/mol. The van der Waals surface area contributed by atoms with E-state index in [4.69, 9.17) is 8.86 Å². The second-order valence-corrected chi connectivity index (χ2v) is 6.88. The van der Waals surface area contributed by atoms with Crippen molar-refractivity contribution in [3.8, 4) is 0 Å². The average Bonchev–Trinajstić information content (AvgIpc) is 2.00. The maximum Gasteiger partial charge on any atom is 1.00 e. The van der Waals surface area contributed by atoms with E-state index < -0.39 is 18.6 Å². The molecule has 0 amide bonds. The van der Waals surface area contributed by atoms with E-state index in [1.807, 2.05) is 20.8 Å². The fraction of sp³-hybridized carbons (Fsp3) is 1.00. The first-order chi connectivity index (χ1) is 5.10. The third-order valence-corrected chi connectivity index (χ3v) is 6.73. The van der Waals surface area contributed by atoms with Crippen LogP contribution in [0.15, 0.2) is 0 Å². The normalized spacial score (nSPS) is 13.5. The van der Waals surface area contributed by atoms with Crippen molar-refractivity contribution in [2.24, 2.45) is 0 Å². The monoisotopic (exact) mass is 223 g/mol. The van der Waals surface area contributed by atoms with Gasteiger partial charge in [-0.1, -0.05) is 35.1 Å². The molecule has 0 bridgehead atoms. The maximum atomic E-state index is 10.4. The standard InChI is InChI=1S/C6H15O3PS.Na.H/c1-4-11(5-2,6-3)9-10(7)8;;/h4-6H2,1-3H3;;/q;+1;-1/p+1. The Labute approximate surface area is 101 Å². The first-order valence-corrected chi connectivity index (χ1v) is 6.91. The van der Waals surface area contributed by atoms with Crippen molar-refractivity contribution in [1.29, 1.82) is 0 Å². The van der Waals surface area contributed by atoms with Crippen LogP contribution in [0.2, 0.25) is 0 Å². The largest absolute Gasteiger partial charge is 1.00 e. The van der Waals surface area contributed by atoms with Gasteiger partial charge in [0.1, 0.15) is 0 Å². The van der Waals surface area contributed by atoms with Crippen LogP contribution < -0.4 is 29.6 Å². The molecule has 0 aliphatic rings. The molecule has 1 unspecified atom stereocenters. The summed E-state index contributed by atoms with van der Waals surface area (Å²) in [6.45, 7) is 6.00. The maximum absolute atomic E-state index is 10.4. The van der Waals surface area contributed by atoms with Crippen molar-refractivity contribution in [3.63, 3.8) is 0 Å². The molecule has 0 saturated carbocycles. The van der Waals surface area contributed by atoms with Crippen LogP contribution in [-0.4, -0.2) is 22.2 Å². The Balaban J connectivity index is -0.000000500. The van der Waals surface area contributed by atoms with E-state index in [9.17, 15) is 4.57 Å². The summed E-state index contributed by atoms with van der Waals surface area (Å²) in [5.74, 6) is 2.59. The molecule has 6 heteroatoms. The van der Waals surface area contributed by atoms with Crippen LogP contribution in [0.1, 0.15) is 22.2 Å². The molecule has 1 atom stereocenters. The molecule has 0 aliphatic heterocycles. The molecule has 70 valence electrons. The summed E-state index contributed by atoms with van der Waals surface area (Å²) >= 11 is 0. The van der Waals surface area contributed by atoms with Gasteiger partial charge in [-0.25, -0.2) is 0 Å². The molecular weight excluding hydrogens is 206 g/mol. The van der Waals surface area contributed by atoms with Crippen LogP contribution in [0.4, 0.5) is 0 Å². The molecule has 0 aromatic heterocycles. The van der Waals surface area contributed by atoms with Gasteiger partial charge < -0.3 is 1.43 Å². The first kappa shape index (κ1) is 15.8. The molecule has 12 heavy (non-hydrogen) atoms. The molecule has 0 aliphatic carbocycles. The van der Waals surface area contributed by atoms with E-state index in [1.54, 1.807) is 0 Å². The zero-order valence-corrected chi connectivity index (χ0v) is 12.0. The Hall–Kier alpha value is 1.37. The quantitative estimate of drug-likeness (QED) is 0.507. The van der Waals surface area contributed by atoms with Gasteiger partial charge in [0.15, 0.2) is 0 Å². The molecule has 0 fully saturated rings. The van der Waals surface area contributed by atoms with E-state index in [0.29, 0.717) is 0 Å². The Morgan fingerprint density at radius 1 is 1.33 bits per heavy atom. The van der Waals surface area contributed by atoms with E-state index in [1.165, 1.54) is 0 Å². The molecule has 3 nitrogen and oxygen atoms in total. The Bertz CT molecular complexity index is 138. The van der Waals surface area contributed by atoms with Crippen molar-refractivity contribution in [2.75, 3.05) is 17.3 Å². The fourth-order valence-electron chi connectivity index (χ4n) is 0.906. The molecular formula is C6H17NaO3PS+. The summed E-state index contributed by atoms with van der Waals surface area (Å²) in [5.41, 5.74) is 0. The Kier molecular flexibility index (Phi) is 10.2. The van der Waals surface area contributed by atoms with Gasteiger partial charge in [-0.05, 0) is 0 Å². The van der Waals surface area contributed by atoms with Crippen LogP contribution in [-0.2, 0) is 8.54 Å². The van der Waals surface area contributed by atoms with Crippen LogP contribution >= 0.6 is 18.6 Å². The summed E-state index contributed by atoms with van der Waals surface area (Å²) in [7, 11) is -3.66. The average molecular weight is 223 g/mol. The molecule has 0 aromatic rings. The van der Waals surface area contributed by atoms with Gasteiger partial charge in [0, 0.05) is 21.8 Å². The van der Waals surface area contributed by atoms with Crippen molar-refractivity contribution >= 4 is 18.6 Å². The van der Waals surface area contributed by atoms with E-state index in [0.717, 1.165) is 17.3 Å². The number of rotatable bonds is 5. The van der Waals surface area contributed by atoms with Gasteiger partial charge in [-0.3, -0.25) is 0 Å². The summed E-state index contributed by atoms with van der Waals surface area (Å²) in [4.78, 5) is 8.59. The van der Waals surface area contributed by atoms with Gasteiger partial charge in [-0.2, -0.15) is 0 Å². The third kappa shape index (κ3) is 5.18. The zero-order chi connectivity index (χ0) is 8.91. The molecule has 0 saturated heterocycles. The molecule has 0 spiro atoms. The van der Waals surface area contributed by atoms with Crippen LogP contribution in [0.25, 0.3) is 0 Å². The summed E-state index contributed by atoms with van der Waals surface area (Å²) < 4.78 is 15.5. The van der Waals surface area contributed by atoms with Gasteiger partial charge in [0.2, 0.25) is 0 Å². The van der Waals surface area contributed by atoms with Gasteiger partial charge in [-0.15, -0.1) is 4.89 Å². The second-order valence-electron chi connectivity index (χ2n) is 2.14. The number of hydrogen-bond acceptors (Lipinski definition) is 2. The third-order valence-electron chi connectivity index (χ3n) is 1.80. The van der Waals surface area contributed by atoms with E-state index in [2.05, 4.69) is 0 Å². The topological polar surface area (TPSA) is 46.5 Å². The minimum Gasteiger partial charge on any atom is -1.00 e. The van der Waals surface area contributed by atoms with Crippen LogP contribution in [0.3, 0.4) is 0 Å². The van der Waals surface area contributed by atoms with E-state index >= 15 is 0 Å². The molecule has 0 heterocycles. The van der Waals surface area contributed by atoms with Crippen molar-refractivity contribution in [2.45, 2.75) is 20.8 Å².